The summed E-state index contributed by atoms with van der Waals surface area (Å²) in [5.74, 6) is 1.03. The molecular weight excluding hydrogens is 304 g/mol. The monoisotopic (exact) mass is 330 g/mol. The topological polar surface area (TPSA) is 70.2 Å². The van der Waals surface area contributed by atoms with Gasteiger partial charge < -0.3 is 19.9 Å². The number of hydrogen-bond donors (Lipinski definition) is 2. The highest BCUT2D eigenvalue weighted by molar-refractivity contribution is 5.80. The van der Waals surface area contributed by atoms with Crippen molar-refractivity contribution >= 4 is 22.9 Å². The van der Waals surface area contributed by atoms with Gasteiger partial charge in [0.15, 0.2) is 0 Å². The summed E-state index contributed by atoms with van der Waals surface area (Å²) >= 11 is 0. The maximum atomic E-state index is 12.3. The molecule has 2 N–H and O–H groups in total. The van der Waals surface area contributed by atoms with Crippen LogP contribution < -0.4 is 10.2 Å². The molecule has 1 unspecified atom stereocenters. The van der Waals surface area contributed by atoms with Crippen LogP contribution in [-0.4, -0.2) is 49.2 Å². The number of amides is 1. The van der Waals surface area contributed by atoms with Crippen molar-refractivity contribution in [1.29, 1.82) is 0 Å². The summed E-state index contributed by atoms with van der Waals surface area (Å²) < 4.78 is 5.01. The molecule has 1 aromatic carbocycles. The van der Waals surface area contributed by atoms with Crippen LogP contribution in [-0.2, 0) is 9.53 Å². The Morgan fingerprint density at radius 3 is 3.21 bits per heavy atom. The van der Waals surface area contributed by atoms with E-state index in [2.05, 4.69) is 39.2 Å². The van der Waals surface area contributed by atoms with E-state index >= 15 is 0 Å². The molecule has 6 heteroatoms. The zero-order valence-electron chi connectivity index (χ0n) is 14.5. The van der Waals surface area contributed by atoms with Crippen LogP contribution in [0.25, 0.3) is 11.0 Å². The minimum Gasteiger partial charge on any atom is -0.385 e. The molecule has 24 heavy (non-hydrogen) atoms. The fourth-order valence-electron chi connectivity index (χ4n) is 3.22. The molecule has 6 nitrogen and oxygen atoms in total. The summed E-state index contributed by atoms with van der Waals surface area (Å²) in [5, 5.41) is 3.02. The van der Waals surface area contributed by atoms with Gasteiger partial charge in [-0.2, -0.15) is 0 Å². The standard InChI is InChI=1S/C18H26N4O2/c1-13-6-7-15-16(11-13)21-18(20-15)22-9-3-5-14(12-22)17(23)19-8-4-10-24-2/h6-7,11,14H,3-5,8-10,12H2,1-2H3,(H,19,23)(H,20,21). The molecule has 1 aliphatic rings. The Morgan fingerprint density at radius 2 is 2.38 bits per heavy atom. The lowest BCUT2D eigenvalue weighted by Crippen LogP contribution is -2.43. The second kappa shape index (κ2) is 7.66. The number of nitrogens with zero attached hydrogens (tertiary/aromatic N) is 2. The summed E-state index contributed by atoms with van der Waals surface area (Å²) in [6, 6.07) is 6.21. The van der Waals surface area contributed by atoms with E-state index in [0.29, 0.717) is 13.2 Å². The molecule has 130 valence electrons. The number of benzene rings is 1. The van der Waals surface area contributed by atoms with E-state index in [1.165, 1.54) is 5.56 Å². The van der Waals surface area contributed by atoms with Gasteiger partial charge in [0.05, 0.1) is 17.0 Å². The second-order valence-electron chi connectivity index (χ2n) is 6.50. The van der Waals surface area contributed by atoms with Crippen LogP contribution >= 0.6 is 0 Å². The third-order valence-corrected chi connectivity index (χ3v) is 4.54. The lowest BCUT2D eigenvalue weighted by Gasteiger charge is -2.31. The summed E-state index contributed by atoms with van der Waals surface area (Å²) in [5.41, 5.74) is 3.24. The number of nitrogens with one attached hydrogen (secondary N) is 2. The number of methoxy groups -OCH3 is 1. The Kier molecular flexibility index (Phi) is 5.35. The molecular formula is C18H26N4O2. The lowest BCUT2D eigenvalue weighted by atomic mass is 9.97. The Labute approximate surface area is 142 Å². The van der Waals surface area contributed by atoms with Crippen molar-refractivity contribution in [2.75, 3.05) is 38.3 Å². The van der Waals surface area contributed by atoms with Gasteiger partial charge in [-0.05, 0) is 43.9 Å². The van der Waals surface area contributed by atoms with Gasteiger partial charge in [0.1, 0.15) is 0 Å². The minimum absolute atomic E-state index is 0.0243. The Morgan fingerprint density at radius 1 is 1.50 bits per heavy atom. The first kappa shape index (κ1) is 16.8. The molecule has 1 atom stereocenters. The van der Waals surface area contributed by atoms with Gasteiger partial charge in [-0.15, -0.1) is 0 Å². The number of imidazole rings is 1. The number of anilines is 1. The van der Waals surface area contributed by atoms with E-state index in [1.807, 2.05) is 6.07 Å². The number of hydrogen-bond acceptors (Lipinski definition) is 4. The second-order valence-corrected chi connectivity index (χ2v) is 6.50. The quantitative estimate of drug-likeness (QED) is 0.797. The van der Waals surface area contributed by atoms with E-state index in [-0.39, 0.29) is 11.8 Å². The fourth-order valence-corrected chi connectivity index (χ4v) is 3.22. The van der Waals surface area contributed by atoms with Gasteiger partial charge in [0, 0.05) is 33.4 Å². The van der Waals surface area contributed by atoms with Crippen LogP contribution in [0.15, 0.2) is 18.2 Å². The van der Waals surface area contributed by atoms with Crippen molar-refractivity contribution in [2.24, 2.45) is 5.92 Å². The SMILES string of the molecule is COCCCNC(=O)C1CCCN(c2nc3ccc(C)cc3[nH]2)C1. The van der Waals surface area contributed by atoms with E-state index in [4.69, 9.17) is 4.74 Å². The highest BCUT2D eigenvalue weighted by atomic mass is 16.5. The molecule has 1 aromatic heterocycles. The molecule has 1 amide bonds. The molecule has 2 aromatic rings. The number of carbonyl (C=O) groups excluding carboxylic acids is 1. The number of ether oxygens (including phenoxy) is 1. The van der Waals surface area contributed by atoms with Crippen LogP contribution in [0.3, 0.4) is 0 Å². The Hall–Kier alpha value is -2.08. The van der Waals surface area contributed by atoms with Gasteiger partial charge >= 0.3 is 0 Å². The van der Waals surface area contributed by atoms with E-state index < -0.39 is 0 Å². The number of carbonyl (C=O) groups is 1. The molecule has 1 fully saturated rings. The third-order valence-electron chi connectivity index (χ3n) is 4.54. The molecule has 2 heterocycles. The molecule has 0 spiro atoms. The van der Waals surface area contributed by atoms with Crippen molar-refractivity contribution in [1.82, 2.24) is 15.3 Å². The molecule has 1 saturated heterocycles. The van der Waals surface area contributed by atoms with Gasteiger partial charge in [-0.3, -0.25) is 4.79 Å². The fraction of sp³-hybridized carbons (Fsp3) is 0.556. The summed E-state index contributed by atoms with van der Waals surface area (Å²) in [6.45, 7) is 5.08. The molecule has 3 rings (SSSR count). The Balaban J connectivity index is 1.62. The van der Waals surface area contributed by atoms with Crippen molar-refractivity contribution < 1.29 is 9.53 Å². The predicted molar refractivity (Wildman–Crippen MR) is 95.3 cm³/mol. The van der Waals surface area contributed by atoms with Gasteiger partial charge in [0.2, 0.25) is 11.9 Å². The maximum Gasteiger partial charge on any atom is 0.224 e. The van der Waals surface area contributed by atoms with E-state index in [1.54, 1.807) is 7.11 Å². The highest BCUT2D eigenvalue weighted by Gasteiger charge is 2.27. The van der Waals surface area contributed by atoms with Crippen LogP contribution in [0.1, 0.15) is 24.8 Å². The van der Waals surface area contributed by atoms with Crippen molar-refractivity contribution in [3.05, 3.63) is 23.8 Å². The molecule has 0 radical (unpaired) electrons. The van der Waals surface area contributed by atoms with Crippen LogP contribution in [0, 0.1) is 12.8 Å². The number of aryl methyl sites for hydroxylation is 1. The number of H-pyrrole nitrogens is 1. The summed E-state index contributed by atoms with van der Waals surface area (Å²) in [7, 11) is 1.68. The van der Waals surface area contributed by atoms with Gasteiger partial charge in [0.25, 0.3) is 0 Å². The van der Waals surface area contributed by atoms with Crippen LogP contribution in [0.2, 0.25) is 0 Å². The average Bonchev–Trinajstić information content (AvgIpc) is 3.02. The van der Waals surface area contributed by atoms with Crippen LogP contribution in [0.4, 0.5) is 5.95 Å². The number of piperidine rings is 1. The molecule has 0 saturated carbocycles. The summed E-state index contributed by atoms with van der Waals surface area (Å²) in [6.07, 6.45) is 2.79. The number of aromatic amines is 1. The zero-order chi connectivity index (χ0) is 16.9. The normalized spacial score (nSPS) is 18.1. The first-order valence-electron chi connectivity index (χ1n) is 8.65. The smallest absolute Gasteiger partial charge is 0.224 e. The van der Waals surface area contributed by atoms with Crippen molar-refractivity contribution in [3.8, 4) is 0 Å². The number of aromatic nitrogens is 2. The average molecular weight is 330 g/mol. The van der Waals surface area contributed by atoms with Gasteiger partial charge in [-0.1, -0.05) is 6.07 Å². The van der Waals surface area contributed by atoms with Gasteiger partial charge in [-0.25, -0.2) is 4.98 Å². The van der Waals surface area contributed by atoms with E-state index in [0.717, 1.165) is 49.3 Å². The highest BCUT2D eigenvalue weighted by Crippen LogP contribution is 2.24. The molecule has 0 aliphatic carbocycles. The van der Waals surface area contributed by atoms with Crippen molar-refractivity contribution in [2.45, 2.75) is 26.2 Å². The van der Waals surface area contributed by atoms with Crippen LogP contribution in [0.5, 0.6) is 0 Å². The maximum absolute atomic E-state index is 12.3. The third kappa shape index (κ3) is 3.87. The molecule has 1 aliphatic heterocycles. The first-order chi connectivity index (χ1) is 11.7. The lowest BCUT2D eigenvalue weighted by molar-refractivity contribution is -0.125. The predicted octanol–water partition coefficient (Wildman–Crippen LogP) is 2.24. The first-order valence-corrected chi connectivity index (χ1v) is 8.65. The Bertz CT molecular complexity index is 697. The zero-order valence-corrected chi connectivity index (χ0v) is 14.5. The minimum atomic E-state index is 0.0243. The number of fused-ring (bicyclic) bond motifs is 1. The van der Waals surface area contributed by atoms with E-state index in [9.17, 15) is 4.79 Å². The van der Waals surface area contributed by atoms with Crippen molar-refractivity contribution in [3.63, 3.8) is 0 Å². The number of rotatable bonds is 6. The molecule has 0 bridgehead atoms. The largest absolute Gasteiger partial charge is 0.385 e. The summed E-state index contributed by atoms with van der Waals surface area (Å²) in [4.78, 5) is 22.6.